The summed E-state index contributed by atoms with van der Waals surface area (Å²) in [6, 6.07) is 18.4. The maximum atomic E-state index is 2.40. The monoisotopic (exact) mass is 340 g/mol. The Balaban J connectivity index is 2.31. The van der Waals surface area contributed by atoms with Gasteiger partial charge in [-0.3, -0.25) is 0 Å². The van der Waals surface area contributed by atoms with Crippen LogP contribution < -0.4 is 16.4 Å². The van der Waals surface area contributed by atoms with E-state index in [1.165, 1.54) is 55.3 Å². The van der Waals surface area contributed by atoms with Crippen molar-refractivity contribution in [1.29, 1.82) is 0 Å². The number of rotatable bonds is 3. The predicted octanol–water partition coefficient (Wildman–Crippen LogP) is 4.36. The average Bonchev–Trinajstić information content (AvgIpc) is 2.56. The fraction of sp³-hybridized carbons (Fsp3) is 0.280. The minimum Gasteiger partial charge on any atom is -0.0686 e. The van der Waals surface area contributed by atoms with Crippen LogP contribution in [0.3, 0.4) is 0 Å². The molecule has 26 heavy (non-hydrogen) atoms. The topological polar surface area (TPSA) is 0 Å². The van der Waals surface area contributed by atoms with Crippen molar-refractivity contribution in [3.8, 4) is 0 Å². The Morgan fingerprint density at radius 2 is 1.04 bits per heavy atom. The van der Waals surface area contributed by atoms with Crippen LogP contribution in [0.4, 0.5) is 0 Å². The Bertz CT molecular complexity index is 926. The molecule has 132 valence electrons. The molecule has 3 aromatic carbocycles. The van der Waals surface area contributed by atoms with E-state index < -0.39 is 0 Å². The Morgan fingerprint density at radius 3 is 1.62 bits per heavy atom. The molecule has 0 unspecified atom stereocenters. The molecule has 0 saturated heterocycles. The van der Waals surface area contributed by atoms with E-state index in [2.05, 4.69) is 97.0 Å². The fourth-order valence-corrected chi connectivity index (χ4v) is 4.20. The first kappa shape index (κ1) is 18.5. The highest BCUT2D eigenvalue weighted by Crippen LogP contribution is 2.13. The molecule has 0 spiro atoms. The molecular weight excluding hydrogens is 311 g/mol. The molecule has 1 heteroatoms. The second kappa shape index (κ2) is 7.15. The molecule has 0 heterocycles. The molecule has 0 bridgehead atoms. The van der Waals surface area contributed by atoms with Gasteiger partial charge in [0.2, 0.25) is 6.71 Å². The SMILES string of the molecule is Cc1ccc(B(c2cc(C)c(C)cc2C)c2c(C)cc(C)cc2C)cc1. The van der Waals surface area contributed by atoms with Crippen LogP contribution in [0, 0.1) is 48.5 Å². The fourth-order valence-electron chi connectivity index (χ4n) is 4.20. The van der Waals surface area contributed by atoms with Crippen molar-refractivity contribution < 1.29 is 0 Å². The predicted molar refractivity (Wildman–Crippen MR) is 117 cm³/mol. The largest absolute Gasteiger partial charge is 0.242 e. The van der Waals surface area contributed by atoms with Crippen molar-refractivity contribution in [2.24, 2.45) is 0 Å². The minimum absolute atomic E-state index is 0.274. The molecule has 0 atom stereocenters. The molecule has 0 nitrogen and oxygen atoms in total. The van der Waals surface area contributed by atoms with E-state index in [0.29, 0.717) is 0 Å². The highest BCUT2D eigenvalue weighted by Gasteiger charge is 2.27. The lowest BCUT2D eigenvalue weighted by molar-refractivity contribution is 1.31. The van der Waals surface area contributed by atoms with Crippen LogP contribution in [0.1, 0.15) is 38.9 Å². The van der Waals surface area contributed by atoms with Crippen molar-refractivity contribution >= 4 is 23.1 Å². The van der Waals surface area contributed by atoms with Crippen molar-refractivity contribution in [2.75, 3.05) is 0 Å². The van der Waals surface area contributed by atoms with Gasteiger partial charge >= 0.3 is 0 Å². The van der Waals surface area contributed by atoms with Gasteiger partial charge in [0.1, 0.15) is 0 Å². The maximum Gasteiger partial charge on any atom is 0.242 e. The summed E-state index contributed by atoms with van der Waals surface area (Å²) in [5.41, 5.74) is 13.8. The summed E-state index contributed by atoms with van der Waals surface area (Å²) in [6.07, 6.45) is 0. The first-order valence-corrected chi connectivity index (χ1v) is 9.50. The van der Waals surface area contributed by atoms with E-state index in [1.807, 2.05) is 0 Å². The summed E-state index contributed by atoms with van der Waals surface area (Å²) >= 11 is 0. The van der Waals surface area contributed by atoms with Crippen LogP contribution in [0.5, 0.6) is 0 Å². The van der Waals surface area contributed by atoms with Gasteiger partial charge in [0.15, 0.2) is 0 Å². The van der Waals surface area contributed by atoms with Gasteiger partial charge in [-0.05, 0) is 59.6 Å². The average molecular weight is 340 g/mol. The Labute approximate surface area is 159 Å². The smallest absolute Gasteiger partial charge is 0.0686 e. The Kier molecular flexibility index (Phi) is 5.09. The number of hydrogen-bond donors (Lipinski definition) is 0. The van der Waals surface area contributed by atoms with E-state index in [4.69, 9.17) is 0 Å². The quantitative estimate of drug-likeness (QED) is 0.622. The molecule has 0 aliphatic rings. The van der Waals surface area contributed by atoms with Crippen LogP contribution >= 0.6 is 0 Å². The molecule has 0 fully saturated rings. The highest BCUT2D eigenvalue weighted by atomic mass is 14.1. The van der Waals surface area contributed by atoms with Gasteiger partial charge in [-0.2, -0.15) is 0 Å². The zero-order chi connectivity index (χ0) is 19.0. The van der Waals surface area contributed by atoms with E-state index in [9.17, 15) is 0 Å². The van der Waals surface area contributed by atoms with Crippen molar-refractivity contribution in [3.63, 3.8) is 0 Å². The van der Waals surface area contributed by atoms with Gasteiger partial charge < -0.3 is 0 Å². The lowest BCUT2D eigenvalue weighted by Crippen LogP contribution is -2.55. The first-order chi connectivity index (χ1) is 12.3. The van der Waals surface area contributed by atoms with Crippen LogP contribution in [-0.4, -0.2) is 6.71 Å². The van der Waals surface area contributed by atoms with Crippen LogP contribution in [0.15, 0.2) is 48.5 Å². The molecule has 3 aromatic rings. The van der Waals surface area contributed by atoms with Crippen molar-refractivity contribution in [2.45, 2.75) is 48.5 Å². The van der Waals surface area contributed by atoms with Gasteiger partial charge in [-0.15, -0.1) is 0 Å². The third-order valence-electron chi connectivity index (χ3n) is 5.63. The highest BCUT2D eigenvalue weighted by molar-refractivity contribution is 6.96. The van der Waals surface area contributed by atoms with Gasteiger partial charge in [-0.25, -0.2) is 0 Å². The lowest BCUT2D eigenvalue weighted by atomic mass is 9.34. The second-order valence-corrected chi connectivity index (χ2v) is 7.95. The normalized spacial score (nSPS) is 10.9. The van der Waals surface area contributed by atoms with Crippen molar-refractivity contribution in [3.05, 3.63) is 87.5 Å². The summed E-state index contributed by atoms with van der Waals surface area (Å²) in [4.78, 5) is 0. The number of benzene rings is 3. The van der Waals surface area contributed by atoms with Gasteiger partial charge in [0.05, 0.1) is 0 Å². The van der Waals surface area contributed by atoms with Crippen molar-refractivity contribution in [1.82, 2.24) is 0 Å². The molecule has 3 rings (SSSR count). The van der Waals surface area contributed by atoms with E-state index >= 15 is 0 Å². The molecule has 0 aliphatic heterocycles. The van der Waals surface area contributed by atoms with E-state index in [1.54, 1.807) is 0 Å². The van der Waals surface area contributed by atoms with Crippen LogP contribution in [0.2, 0.25) is 0 Å². The Hall–Kier alpha value is -2.28. The molecule has 0 saturated carbocycles. The lowest BCUT2D eigenvalue weighted by Gasteiger charge is -2.23. The third kappa shape index (κ3) is 3.49. The first-order valence-electron chi connectivity index (χ1n) is 9.50. The summed E-state index contributed by atoms with van der Waals surface area (Å²) in [5.74, 6) is 0. The van der Waals surface area contributed by atoms with Gasteiger partial charge in [0, 0.05) is 0 Å². The molecule has 0 N–H and O–H groups in total. The summed E-state index contributed by atoms with van der Waals surface area (Å²) in [7, 11) is 0. The second-order valence-electron chi connectivity index (χ2n) is 7.95. The Morgan fingerprint density at radius 1 is 0.500 bits per heavy atom. The zero-order valence-electron chi connectivity index (χ0n) is 17.2. The maximum absolute atomic E-state index is 2.40. The summed E-state index contributed by atoms with van der Waals surface area (Å²) in [5, 5.41) is 0. The van der Waals surface area contributed by atoms with Gasteiger partial charge in [-0.1, -0.05) is 92.7 Å². The molecule has 0 amide bonds. The molecule has 0 radical (unpaired) electrons. The minimum atomic E-state index is 0.274. The van der Waals surface area contributed by atoms with E-state index in [0.717, 1.165) is 0 Å². The molecule has 0 aromatic heterocycles. The van der Waals surface area contributed by atoms with E-state index in [-0.39, 0.29) is 6.71 Å². The number of aryl methyl sites for hydroxylation is 7. The summed E-state index contributed by atoms with van der Waals surface area (Å²) in [6.45, 7) is 15.8. The number of hydrogen-bond acceptors (Lipinski definition) is 0. The molecule has 0 aliphatic carbocycles. The van der Waals surface area contributed by atoms with Crippen LogP contribution in [0.25, 0.3) is 0 Å². The summed E-state index contributed by atoms with van der Waals surface area (Å²) < 4.78 is 0. The standard InChI is InChI=1S/C25H29B/c1-16-8-10-23(11-9-16)26(24-15-19(4)18(3)14-20(24)5)25-21(6)12-17(2)13-22(25)7/h8-15H,1-7H3. The third-order valence-corrected chi connectivity index (χ3v) is 5.63. The van der Waals surface area contributed by atoms with Gasteiger partial charge in [0.25, 0.3) is 0 Å². The molecular formula is C25H29B. The van der Waals surface area contributed by atoms with Crippen LogP contribution in [-0.2, 0) is 0 Å². The zero-order valence-corrected chi connectivity index (χ0v) is 17.2.